The van der Waals surface area contributed by atoms with Crippen LogP contribution in [0.5, 0.6) is 0 Å². The largest absolute Gasteiger partial charge is 0.394 e. The minimum absolute atomic E-state index is 0.0756. The van der Waals surface area contributed by atoms with Crippen LogP contribution in [0.1, 0.15) is 17.4 Å². The number of hydrogen-bond donors (Lipinski definition) is 4. The first-order valence-corrected chi connectivity index (χ1v) is 7.93. The van der Waals surface area contributed by atoms with Gasteiger partial charge in [0.05, 0.1) is 6.61 Å². The summed E-state index contributed by atoms with van der Waals surface area (Å²) in [5.74, 6) is 0. The first kappa shape index (κ1) is 17.0. The zero-order valence-electron chi connectivity index (χ0n) is 12.7. The summed E-state index contributed by atoms with van der Waals surface area (Å²) >= 11 is 5.14. The van der Waals surface area contributed by atoms with Gasteiger partial charge in [0.1, 0.15) is 18.3 Å². The number of rotatable bonds is 4. The van der Waals surface area contributed by atoms with Crippen molar-refractivity contribution in [3.05, 3.63) is 62.8 Å². The maximum absolute atomic E-state index is 12.1. The average Bonchev–Trinajstić information content (AvgIpc) is 2.86. The molecule has 0 amide bonds. The van der Waals surface area contributed by atoms with E-state index in [1.54, 1.807) is 0 Å². The van der Waals surface area contributed by atoms with Crippen LogP contribution >= 0.6 is 12.2 Å². The molecule has 3 rings (SSSR count). The van der Waals surface area contributed by atoms with Crippen LogP contribution in [-0.2, 0) is 11.2 Å². The molecule has 8 heteroatoms. The van der Waals surface area contributed by atoms with Gasteiger partial charge in [0.25, 0.3) is 5.56 Å². The maximum Gasteiger partial charge on any atom is 0.255 e. The van der Waals surface area contributed by atoms with Crippen molar-refractivity contribution in [2.45, 2.75) is 31.0 Å². The van der Waals surface area contributed by atoms with E-state index >= 15 is 0 Å². The van der Waals surface area contributed by atoms with Crippen LogP contribution in [0.15, 0.2) is 41.3 Å². The first-order valence-electron chi connectivity index (χ1n) is 7.52. The lowest BCUT2D eigenvalue weighted by molar-refractivity contribution is -0.0542. The number of aliphatic hydroxyl groups excluding tert-OH is 3. The Morgan fingerprint density at radius 1 is 1.21 bits per heavy atom. The molecular formula is C16H18N2O5S. The van der Waals surface area contributed by atoms with Crippen molar-refractivity contribution in [1.29, 1.82) is 0 Å². The van der Waals surface area contributed by atoms with Crippen molar-refractivity contribution in [1.82, 2.24) is 9.55 Å². The Kier molecular flexibility index (Phi) is 4.93. The number of benzene rings is 1. The molecule has 7 nitrogen and oxygen atoms in total. The van der Waals surface area contributed by atoms with Crippen LogP contribution in [0.4, 0.5) is 0 Å². The van der Waals surface area contributed by atoms with Gasteiger partial charge in [0.15, 0.2) is 11.0 Å². The zero-order valence-corrected chi connectivity index (χ0v) is 13.5. The molecule has 1 aliphatic rings. The van der Waals surface area contributed by atoms with Gasteiger partial charge in [-0.3, -0.25) is 14.3 Å². The summed E-state index contributed by atoms with van der Waals surface area (Å²) in [6.07, 6.45) is -2.46. The van der Waals surface area contributed by atoms with Crippen LogP contribution < -0.4 is 5.56 Å². The molecule has 4 atom stereocenters. The van der Waals surface area contributed by atoms with E-state index in [1.165, 1.54) is 10.8 Å². The fourth-order valence-corrected chi connectivity index (χ4v) is 3.02. The number of H-pyrrole nitrogens is 1. The normalized spacial score (nSPS) is 26.6. The molecule has 4 N–H and O–H groups in total. The summed E-state index contributed by atoms with van der Waals surface area (Å²) < 4.78 is 6.95. The van der Waals surface area contributed by atoms with Gasteiger partial charge in [-0.25, -0.2) is 0 Å². The summed E-state index contributed by atoms with van der Waals surface area (Å²) in [6, 6.07) is 9.45. The maximum atomic E-state index is 12.1. The van der Waals surface area contributed by atoms with E-state index in [2.05, 4.69) is 4.98 Å². The lowest BCUT2D eigenvalue weighted by Gasteiger charge is -2.19. The van der Waals surface area contributed by atoms with E-state index in [4.69, 9.17) is 17.0 Å². The van der Waals surface area contributed by atoms with Crippen LogP contribution in [0.2, 0.25) is 0 Å². The van der Waals surface area contributed by atoms with Crippen molar-refractivity contribution < 1.29 is 20.1 Å². The molecule has 0 aliphatic carbocycles. The summed E-state index contributed by atoms with van der Waals surface area (Å²) in [6.45, 7) is -0.428. The van der Waals surface area contributed by atoms with Crippen molar-refractivity contribution in [3.63, 3.8) is 0 Å². The van der Waals surface area contributed by atoms with E-state index < -0.39 is 31.1 Å². The number of aromatic amines is 1. The van der Waals surface area contributed by atoms with Gasteiger partial charge in [-0.15, -0.1) is 0 Å². The van der Waals surface area contributed by atoms with Gasteiger partial charge < -0.3 is 20.1 Å². The number of ether oxygens (including phenoxy) is 1. The SMILES string of the molecule is O=c1[nH]c(=S)n([C@@H]2O[C@H](CO)[C@@H](O)[C@H]2O)cc1Cc1ccccc1. The zero-order chi connectivity index (χ0) is 17.3. The predicted molar refractivity (Wildman–Crippen MR) is 88.1 cm³/mol. The van der Waals surface area contributed by atoms with Crippen LogP contribution in [0.3, 0.4) is 0 Å². The second-order valence-electron chi connectivity index (χ2n) is 5.71. The lowest BCUT2D eigenvalue weighted by atomic mass is 10.1. The van der Waals surface area contributed by atoms with E-state index in [9.17, 15) is 20.1 Å². The molecule has 1 aliphatic heterocycles. The van der Waals surface area contributed by atoms with Crippen LogP contribution in [0.25, 0.3) is 0 Å². The molecule has 1 fully saturated rings. The third kappa shape index (κ3) is 3.19. The standard InChI is InChI=1S/C16H18N2O5S/c19-8-11-12(20)13(21)15(23-11)18-7-10(14(22)17-16(18)24)6-9-4-2-1-3-5-9/h1-5,7,11-13,15,19-21H,6,8H2,(H,17,22,24)/t11-,12-,13-,15-/m1/s1. The lowest BCUT2D eigenvalue weighted by Crippen LogP contribution is -2.33. The van der Waals surface area contributed by atoms with Gasteiger partial charge in [-0.2, -0.15) is 0 Å². The smallest absolute Gasteiger partial charge is 0.255 e. The van der Waals surface area contributed by atoms with Gasteiger partial charge in [0, 0.05) is 18.2 Å². The molecule has 24 heavy (non-hydrogen) atoms. The number of nitrogens with one attached hydrogen (secondary N) is 1. The molecular weight excluding hydrogens is 332 g/mol. The highest BCUT2D eigenvalue weighted by Crippen LogP contribution is 2.29. The Morgan fingerprint density at radius 3 is 2.54 bits per heavy atom. The monoisotopic (exact) mass is 350 g/mol. The predicted octanol–water partition coefficient (Wildman–Crippen LogP) is 0.108. The minimum atomic E-state index is -1.26. The highest BCUT2D eigenvalue weighted by Gasteiger charge is 2.43. The van der Waals surface area contributed by atoms with E-state index in [-0.39, 0.29) is 10.3 Å². The molecule has 2 heterocycles. The minimum Gasteiger partial charge on any atom is -0.394 e. The Hall–Kier alpha value is -1.84. The highest BCUT2D eigenvalue weighted by atomic mass is 32.1. The van der Waals surface area contributed by atoms with E-state index in [0.717, 1.165) is 5.56 Å². The summed E-state index contributed by atoms with van der Waals surface area (Å²) in [4.78, 5) is 14.7. The molecule has 0 unspecified atom stereocenters. The van der Waals surface area contributed by atoms with Crippen molar-refractivity contribution in [2.24, 2.45) is 0 Å². The Morgan fingerprint density at radius 2 is 1.92 bits per heavy atom. The Labute approximate surface area is 142 Å². The van der Waals surface area contributed by atoms with Crippen molar-refractivity contribution in [2.75, 3.05) is 6.61 Å². The van der Waals surface area contributed by atoms with Crippen LogP contribution in [-0.4, -0.2) is 49.8 Å². The van der Waals surface area contributed by atoms with Crippen molar-refractivity contribution in [3.8, 4) is 0 Å². The van der Waals surface area contributed by atoms with Crippen molar-refractivity contribution >= 4 is 12.2 Å². The fraction of sp³-hybridized carbons (Fsp3) is 0.375. The van der Waals surface area contributed by atoms with Gasteiger partial charge >= 0.3 is 0 Å². The molecule has 0 spiro atoms. The molecule has 0 bridgehead atoms. The number of aromatic nitrogens is 2. The molecule has 0 saturated carbocycles. The molecule has 1 aromatic carbocycles. The summed E-state index contributed by atoms with van der Waals surface area (Å²) in [7, 11) is 0. The quantitative estimate of drug-likeness (QED) is 0.583. The Bertz CT molecular complexity index is 819. The first-order chi connectivity index (χ1) is 11.5. The van der Waals surface area contributed by atoms with Gasteiger partial charge in [0.2, 0.25) is 0 Å². The number of aliphatic hydroxyl groups is 3. The fourth-order valence-electron chi connectivity index (χ4n) is 2.77. The van der Waals surface area contributed by atoms with Gasteiger partial charge in [-0.1, -0.05) is 30.3 Å². The highest BCUT2D eigenvalue weighted by molar-refractivity contribution is 7.71. The van der Waals surface area contributed by atoms with Crippen LogP contribution in [0, 0.1) is 4.77 Å². The van der Waals surface area contributed by atoms with E-state index in [1.807, 2.05) is 30.3 Å². The molecule has 1 saturated heterocycles. The summed E-state index contributed by atoms with van der Waals surface area (Å²) in [5.41, 5.74) is 1.09. The second kappa shape index (κ2) is 6.96. The van der Waals surface area contributed by atoms with Gasteiger partial charge in [-0.05, 0) is 17.8 Å². The average molecular weight is 350 g/mol. The summed E-state index contributed by atoms with van der Waals surface area (Å²) in [5, 5.41) is 29.2. The number of hydrogen-bond acceptors (Lipinski definition) is 6. The molecule has 2 aromatic rings. The Balaban J connectivity index is 1.96. The number of nitrogens with zero attached hydrogens (tertiary/aromatic N) is 1. The third-order valence-electron chi connectivity index (χ3n) is 4.07. The molecule has 0 radical (unpaired) electrons. The topological polar surface area (TPSA) is 108 Å². The second-order valence-corrected chi connectivity index (χ2v) is 6.10. The molecule has 1 aromatic heterocycles. The molecule has 128 valence electrons. The van der Waals surface area contributed by atoms with E-state index in [0.29, 0.717) is 12.0 Å². The third-order valence-corrected chi connectivity index (χ3v) is 4.38.